The molecule has 2 amide bonds. The number of nitrogens with zero attached hydrogens (tertiary/aromatic N) is 3. The zero-order valence-electron chi connectivity index (χ0n) is 14.7. The molecular formula is C19H17BrFN3O3. The van der Waals surface area contributed by atoms with Gasteiger partial charge in [0.1, 0.15) is 5.82 Å². The molecule has 0 saturated heterocycles. The largest absolute Gasteiger partial charge is 0.448 e. The molecule has 0 aromatic heterocycles. The van der Waals surface area contributed by atoms with Crippen LogP contribution >= 0.6 is 15.9 Å². The van der Waals surface area contributed by atoms with Crippen LogP contribution in [0.15, 0.2) is 58.1 Å². The molecule has 0 saturated carbocycles. The Kier molecular flexibility index (Phi) is 5.55. The standard InChI is InChI=1S/C19H17BrFN3O3/c1-12(25)23(15-9-7-14(20)8-10-15)11-18-24(13(2)26)22-19(27-18)16-5-3-4-6-17(16)21/h3-10,18H,11H2,1-2H3. The molecule has 0 fully saturated rings. The molecule has 3 rings (SSSR count). The van der Waals surface area contributed by atoms with E-state index in [1.54, 1.807) is 24.3 Å². The Hall–Kier alpha value is -2.74. The van der Waals surface area contributed by atoms with Gasteiger partial charge in [0.05, 0.1) is 12.1 Å². The highest BCUT2D eigenvalue weighted by Crippen LogP contribution is 2.24. The van der Waals surface area contributed by atoms with Crippen molar-refractivity contribution in [1.82, 2.24) is 5.01 Å². The van der Waals surface area contributed by atoms with Crippen LogP contribution in [-0.4, -0.2) is 35.5 Å². The molecule has 1 aliphatic heterocycles. The maximum absolute atomic E-state index is 14.1. The van der Waals surface area contributed by atoms with Crippen LogP contribution in [0.1, 0.15) is 19.4 Å². The fraction of sp³-hybridized carbons (Fsp3) is 0.211. The average molecular weight is 434 g/mol. The van der Waals surface area contributed by atoms with Crippen molar-refractivity contribution >= 4 is 39.3 Å². The summed E-state index contributed by atoms with van der Waals surface area (Å²) < 4.78 is 20.7. The lowest BCUT2D eigenvalue weighted by atomic mass is 10.2. The normalized spacial score (nSPS) is 15.9. The van der Waals surface area contributed by atoms with Crippen LogP contribution < -0.4 is 4.90 Å². The first kappa shape index (κ1) is 19.0. The topological polar surface area (TPSA) is 62.2 Å². The van der Waals surface area contributed by atoms with Crippen molar-refractivity contribution < 1.29 is 18.7 Å². The van der Waals surface area contributed by atoms with Crippen molar-refractivity contribution in [1.29, 1.82) is 0 Å². The van der Waals surface area contributed by atoms with Gasteiger partial charge in [0.15, 0.2) is 0 Å². The van der Waals surface area contributed by atoms with E-state index in [0.717, 1.165) is 9.48 Å². The Morgan fingerprint density at radius 1 is 1.19 bits per heavy atom. The van der Waals surface area contributed by atoms with E-state index in [2.05, 4.69) is 21.0 Å². The van der Waals surface area contributed by atoms with Crippen LogP contribution in [0.25, 0.3) is 0 Å². The number of amides is 2. The Balaban J connectivity index is 1.87. The van der Waals surface area contributed by atoms with Crippen LogP contribution in [0.4, 0.5) is 10.1 Å². The van der Waals surface area contributed by atoms with E-state index in [1.165, 1.54) is 30.9 Å². The molecule has 0 N–H and O–H groups in total. The molecule has 8 heteroatoms. The highest BCUT2D eigenvalue weighted by Gasteiger charge is 2.35. The lowest BCUT2D eigenvalue weighted by molar-refractivity contribution is -0.135. The minimum Gasteiger partial charge on any atom is -0.448 e. The van der Waals surface area contributed by atoms with Crippen molar-refractivity contribution in [2.45, 2.75) is 20.1 Å². The van der Waals surface area contributed by atoms with Gasteiger partial charge in [-0.2, -0.15) is 5.01 Å². The molecule has 1 heterocycles. The summed E-state index contributed by atoms with van der Waals surface area (Å²) in [7, 11) is 0. The third-order valence-electron chi connectivity index (χ3n) is 4.00. The average Bonchev–Trinajstić information content (AvgIpc) is 3.05. The number of anilines is 1. The molecule has 0 bridgehead atoms. The van der Waals surface area contributed by atoms with E-state index in [1.807, 2.05) is 12.1 Å². The van der Waals surface area contributed by atoms with Crippen molar-refractivity contribution in [3.05, 3.63) is 64.4 Å². The van der Waals surface area contributed by atoms with E-state index in [9.17, 15) is 14.0 Å². The summed E-state index contributed by atoms with van der Waals surface area (Å²) in [6, 6.07) is 13.2. The SMILES string of the molecule is CC(=O)N(CC1OC(c2ccccc2F)=NN1C(C)=O)c1ccc(Br)cc1. The summed E-state index contributed by atoms with van der Waals surface area (Å²) in [6.07, 6.45) is -0.857. The van der Waals surface area contributed by atoms with Gasteiger partial charge in [-0.1, -0.05) is 28.1 Å². The van der Waals surface area contributed by atoms with E-state index in [-0.39, 0.29) is 29.8 Å². The number of ether oxygens (including phenoxy) is 1. The van der Waals surface area contributed by atoms with Crippen molar-refractivity contribution in [3.8, 4) is 0 Å². The zero-order valence-corrected chi connectivity index (χ0v) is 16.3. The zero-order chi connectivity index (χ0) is 19.6. The number of rotatable bonds is 4. The quantitative estimate of drug-likeness (QED) is 0.740. The Morgan fingerprint density at radius 3 is 2.44 bits per heavy atom. The summed E-state index contributed by atoms with van der Waals surface area (Å²) in [4.78, 5) is 25.6. The fourth-order valence-corrected chi connectivity index (χ4v) is 2.96. The van der Waals surface area contributed by atoms with E-state index in [0.29, 0.717) is 5.69 Å². The number of carbonyl (C=O) groups is 2. The van der Waals surface area contributed by atoms with Crippen LogP contribution in [0.5, 0.6) is 0 Å². The first-order valence-electron chi connectivity index (χ1n) is 8.20. The molecule has 2 aromatic rings. The van der Waals surface area contributed by atoms with Gasteiger partial charge in [-0.3, -0.25) is 9.59 Å². The van der Waals surface area contributed by atoms with Crippen LogP contribution in [0.2, 0.25) is 0 Å². The molecule has 0 aliphatic carbocycles. The van der Waals surface area contributed by atoms with Gasteiger partial charge >= 0.3 is 0 Å². The number of hydrazone groups is 1. The second-order valence-corrected chi connectivity index (χ2v) is 6.84. The summed E-state index contributed by atoms with van der Waals surface area (Å²) in [5.41, 5.74) is 0.807. The summed E-state index contributed by atoms with van der Waals surface area (Å²) >= 11 is 3.35. The van der Waals surface area contributed by atoms with Gasteiger partial charge in [-0.05, 0) is 36.4 Å². The minimum absolute atomic E-state index is 0.00704. The van der Waals surface area contributed by atoms with E-state index in [4.69, 9.17) is 4.74 Å². The summed E-state index contributed by atoms with van der Waals surface area (Å²) in [6.45, 7) is 2.81. The Morgan fingerprint density at radius 2 is 1.85 bits per heavy atom. The minimum atomic E-state index is -0.857. The third kappa shape index (κ3) is 4.16. The molecule has 1 atom stereocenters. The highest BCUT2D eigenvalue weighted by atomic mass is 79.9. The highest BCUT2D eigenvalue weighted by molar-refractivity contribution is 9.10. The lowest BCUT2D eigenvalue weighted by Gasteiger charge is -2.27. The molecule has 1 unspecified atom stereocenters. The first-order valence-corrected chi connectivity index (χ1v) is 8.99. The van der Waals surface area contributed by atoms with E-state index < -0.39 is 12.0 Å². The maximum atomic E-state index is 14.1. The number of carbonyl (C=O) groups excluding carboxylic acids is 2. The van der Waals surface area contributed by atoms with Crippen LogP contribution in [0, 0.1) is 5.82 Å². The predicted molar refractivity (Wildman–Crippen MR) is 102 cm³/mol. The number of hydrogen-bond acceptors (Lipinski definition) is 4. The lowest BCUT2D eigenvalue weighted by Crippen LogP contribution is -2.44. The molecular weight excluding hydrogens is 417 g/mol. The third-order valence-corrected chi connectivity index (χ3v) is 4.53. The van der Waals surface area contributed by atoms with Crippen molar-refractivity contribution in [2.24, 2.45) is 5.10 Å². The van der Waals surface area contributed by atoms with Gasteiger partial charge < -0.3 is 9.64 Å². The molecule has 2 aromatic carbocycles. The van der Waals surface area contributed by atoms with Gasteiger partial charge in [-0.15, -0.1) is 5.10 Å². The fourth-order valence-electron chi connectivity index (χ4n) is 2.70. The first-order chi connectivity index (χ1) is 12.9. The predicted octanol–water partition coefficient (Wildman–Crippen LogP) is 3.51. The van der Waals surface area contributed by atoms with Gasteiger partial charge in [0.2, 0.25) is 23.9 Å². The van der Waals surface area contributed by atoms with Crippen LogP contribution in [0.3, 0.4) is 0 Å². The number of halogens is 2. The Bertz CT molecular complexity index is 901. The summed E-state index contributed by atoms with van der Waals surface area (Å²) in [5.74, 6) is -1.08. The second-order valence-electron chi connectivity index (χ2n) is 5.93. The van der Waals surface area contributed by atoms with Gasteiger partial charge in [0.25, 0.3) is 0 Å². The molecule has 0 spiro atoms. The molecule has 27 heavy (non-hydrogen) atoms. The Labute approximate surface area is 164 Å². The monoisotopic (exact) mass is 433 g/mol. The molecule has 140 valence electrons. The second kappa shape index (κ2) is 7.87. The van der Waals surface area contributed by atoms with Gasteiger partial charge in [0, 0.05) is 24.0 Å². The molecule has 0 radical (unpaired) electrons. The molecule has 6 nitrogen and oxygen atoms in total. The number of hydrogen-bond donors (Lipinski definition) is 0. The van der Waals surface area contributed by atoms with Crippen LogP contribution in [-0.2, 0) is 14.3 Å². The van der Waals surface area contributed by atoms with Crippen molar-refractivity contribution in [3.63, 3.8) is 0 Å². The maximum Gasteiger partial charge on any atom is 0.243 e. The summed E-state index contributed by atoms with van der Waals surface area (Å²) in [5, 5.41) is 5.23. The molecule has 1 aliphatic rings. The number of benzene rings is 2. The smallest absolute Gasteiger partial charge is 0.243 e. The van der Waals surface area contributed by atoms with Crippen molar-refractivity contribution in [2.75, 3.05) is 11.4 Å². The van der Waals surface area contributed by atoms with E-state index >= 15 is 0 Å². The van der Waals surface area contributed by atoms with Gasteiger partial charge in [-0.25, -0.2) is 4.39 Å².